The molecule has 0 aromatic heterocycles. The van der Waals surface area contributed by atoms with Crippen molar-refractivity contribution >= 4 is 34.6 Å². The van der Waals surface area contributed by atoms with Gasteiger partial charge in [-0.15, -0.1) is 0 Å². The highest BCUT2D eigenvalue weighted by molar-refractivity contribution is 7.80. The number of hydrogen-bond donors (Lipinski definition) is 2. The molecule has 0 aliphatic heterocycles. The molecule has 0 bridgehead atoms. The molecule has 2 N–H and O–H groups in total. The van der Waals surface area contributed by atoms with Crippen molar-refractivity contribution in [3.05, 3.63) is 64.7 Å². The summed E-state index contributed by atoms with van der Waals surface area (Å²) < 4.78 is 0. The van der Waals surface area contributed by atoms with E-state index in [1.165, 1.54) is 5.56 Å². The molecular formula is C16H17ClN2S. The van der Waals surface area contributed by atoms with Crippen LogP contribution in [-0.2, 0) is 0 Å². The Labute approximate surface area is 130 Å². The fourth-order valence-corrected chi connectivity index (χ4v) is 2.37. The maximum Gasteiger partial charge on any atom is 0.171 e. The number of thiocarbonyl (C=S) groups is 1. The van der Waals surface area contributed by atoms with Crippen LogP contribution in [0.1, 0.15) is 24.1 Å². The number of nitrogens with one attached hydrogen (secondary N) is 2. The molecule has 0 radical (unpaired) electrons. The van der Waals surface area contributed by atoms with E-state index >= 15 is 0 Å². The highest BCUT2D eigenvalue weighted by Crippen LogP contribution is 2.20. The van der Waals surface area contributed by atoms with E-state index in [4.69, 9.17) is 23.8 Å². The second-order valence-corrected chi connectivity index (χ2v) is 5.53. The van der Waals surface area contributed by atoms with Gasteiger partial charge in [-0.25, -0.2) is 0 Å². The van der Waals surface area contributed by atoms with Crippen molar-refractivity contribution in [1.82, 2.24) is 5.32 Å². The summed E-state index contributed by atoms with van der Waals surface area (Å²) in [5.41, 5.74) is 3.22. The predicted octanol–water partition coefficient (Wildman–Crippen LogP) is 4.70. The fourth-order valence-electron chi connectivity index (χ4n) is 1.91. The molecule has 2 aromatic rings. The largest absolute Gasteiger partial charge is 0.356 e. The third kappa shape index (κ3) is 3.95. The highest BCUT2D eigenvalue weighted by Gasteiger charge is 2.07. The van der Waals surface area contributed by atoms with Crippen LogP contribution < -0.4 is 10.6 Å². The third-order valence-corrected chi connectivity index (χ3v) is 3.55. The van der Waals surface area contributed by atoms with Crippen molar-refractivity contribution in [2.24, 2.45) is 0 Å². The lowest BCUT2D eigenvalue weighted by Gasteiger charge is -2.18. The maximum absolute atomic E-state index is 6.00. The lowest BCUT2D eigenvalue weighted by Crippen LogP contribution is -2.31. The van der Waals surface area contributed by atoms with Gasteiger partial charge in [-0.3, -0.25) is 0 Å². The molecule has 1 unspecified atom stereocenters. The molecule has 2 nitrogen and oxygen atoms in total. The lowest BCUT2D eigenvalue weighted by atomic mass is 10.1. The molecule has 0 saturated carbocycles. The van der Waals surface area contributed by atoms with E-state index in [0.29, 0.717) is 10.1 Å². The van der Waals surface area contributed by atoms with Crippen molar-refractivity contribution in [3.8, 4) is 0 Å². The first kappa shape index (κ1) is 14.8. The molecule has 0 amide bonds. The van der Waals surface area contributed by atoms with E-state index in [2.05, 4.69) is 29.7 Å². The number of halogens is 1. The molecule has 0 spiro atoms. The van der Waals surface area contributed by atoms with Gasteiger partial charge in [0.15, 0.2) is 5.11 Å². The number of benzene rings is 2. The molecule has 1 atom stereocenters. The highest BCUT2D eigenvalue weighted by atomic mass is 35.5. The van der Waals surface area contributed by atoms with Crippen LogP contribution in [0.5, 0.6) is 0 Å². The Morgan fingerprint density at radius 3 is 2.55 bits per heavy atom. The Morgan fingerprint density at radius 2 is 1.85 bits per heavy atom. The van der Waals surface area contributed by atoms with Crippen LogP contribution in [-0.4, -0.2) is 5.11 Å². The zero-order chi connectivity index (χ0) is 14.5. The summed E-state index contributed by atoms with van der Waals surface area (Å²) in [6, 6.07) is 16.0. The summed E-state index contributed by atoms with van der Waals surface area (Å²) in [6.07, 6.45) is 0. The Kier molecular flexibility index (Phi) is 4.99. The van der Waals surface area contributed by atoms with Gasteiger partial charge >= 0.3 is 0 Å². The number of rotatable bonds is 3. The Bertz CT molecular complexity index is 599. The van der Waals surface area contributed by atoms with E-state index in [1.54, 1.807) is 0 Å². The standard InChI is InChI=1S/C16H17ClN2S/c1-11-8-9-14(17)10-15(11)19-16(20)18-12(2)13-6-4-3-5-7-13/h3-10,12H,1-2H3,(H2,18,19,20). The molecule has 0 aliphatic rings. The third-order valence-electron chi connectivity index (χ3n) is 3.09. The predicted molar refractivity (Wildman–Crippen MR) is 90.4 cm³/mol. The first-order valence-electron chi connectivity index (χ1n) is 6.45. The lowest BCUT2D eigenvalue weighted by molar-refractivity contribution is 0.722. The van der Waals surface area contributed by atoms with Crippen molar-refractivity contribution in [1.29, 1.82) is 0 Å². The van der Waals surface area contributed by atoms with Crippen LogP contribution in [0.4, 0.5) is 5.69 Å². The first-order chi connectivity index (χ1) is 9.56. The topological polar surface area (TPSA) is 24.1 Å². The van der Waals surface area contributed by atoms with Gasteiger partial charge in [0.2, 0.25) is 0 Å². The maximum atomic E-state index is 6.00. The van der Waals surface area contributed by atoms with E-state index in [1.807, 2.05) is 43.3 Å². The summed E-state index contributed by atoms with van der Waals surface area (Å²) in [7, 11) is 0. The van der Waals surface area contributed by atoms with Crippen LogP contribution in [0.25, 0.3) is 0 Å². The van der Waals surface area contributed by atoms with E-state index in [0.717, 1.165) is 11.3 Å². The second kappa shape index (κ2) is 6.73. The van der Waals surface area contributed by atoms with Gasteiger partial charge < -0.3 is 10.6 Å². The quantitative estimate of drug-likeness (QED) is 0.804. The molecule has 2 rings (SSSR count). The van der Waals surface area contributed by atoms with Crippen LogP contribution in [0, 0.1) is 6.92 Å². The van der Waals surface area contributed by atoms with Gasteiger partial charge in [0, 0.05) is 10.7 Å². The molecule has 2 aromatic carbocycles. The minimum atomic E-state index is 0.149. The zero-order valence-corrected chi connectivity index (χ0v) is 13.1. The SMILES string of the molecule is Cc1ccc(Cl)cc1NC(=S)NC(C)c1ccccc1. The molecule has 0 saturated heterocycles. The second-order valence-electron chi connectivity index (χ2n) is 4.69. The van der Waals surface area contributed by atoms with Gasteiger partial charge in [-0.1, -0.05) is 48.0 Å². The summed E-state index contributed by atoms with van der Waals surface area (Å²) in [6.45, 7) is 4.09. The average Bonchev–Trinajstić information content (AvgIpc) is 2.43. The summed E-state index contributed by atoms with van der Waals surface area (Å²) in [4.78, 5) is 0. The Balaban J connectivity index is 2.01. The van der Waals surface area contributed by atoms with Gasteiger partial charge in [-0.2, -0.15) is 0 Å². The molecule has 0 heterocycles. The number of anilines is 1. The van der Waals surface area contributed by atoms with Gasteiger partial charge in [0.05, 0.1) is 6.04 Å². The van der Waals surface area contributed by atoms with E-state index in [-0.39, 0.29) is 6.04 Å². The van der Waals surface area contributed by atoms with Gasteiger partial charge in [-0.05, 0) is 49.3 Å². The van der Waals surface area contributed by atoms with Crippen molar-refractivity contribution in [3.63, 3.8) is 0 Å². The smallest absolute Gasteiger partial charge is 0.171 e. The summed E-state index contributed by atoms with van der Waals surface area (Å²) in [5, 5.41) is 7.74. The molecule has 0 fully saturated rings. The molecule has 0 aliphatic carbocycles. The minimum absolute atomic E-state index is 0.149. The minimum Gasteiger partial charge on any atom is -0.356 e. The fraction of sp³-hybridized carbons (Fsp3) is 0.188. The van der Waals surface area contributed by atoms with Crippen molar-refractivity contribution in [2.75, 3.05) is 5.32 Å². The van der Waals surface area contributed by atoms with E-state index in [9.17, 15) is 0 Å². The normalized spacial score (nSPS) is 11.8. The molecular weight excluding hydrogens is 288 g/mol. The number of hydrogen-bond acceptors (Lipinski definition) is 1. The van der Waals surface area contributed by atoms with Crippen molar-refractivity contribution < 1.29 is 0 Å². The number of aryl methyl sites for hydroxylation is 1. The molecule has 4 heteroatoms. The first-order valence-corrected chi connectivity index (χ1v) is 7.23. The summed E-state index contributed by atoms with van der Waals surface area (Å²) >= 11 is 11.3. The Morgan fingerprint density at radius 1 is 1.15 bits per heavy atom. The zero-order valence-electron chi connectivity index (χ0n) is 11.5. The Hall–Kier alpha value is -1.58. The monoisotopic (exact) mass is 304 g/mol. The van der Waals surface area contributed by atoms with E-state index < -0.39 is 0 Å². The summed E-state index contributed by atoms with van der Waals surface area (Å²) in [5.74, 6) is 0. The van der Waals surface area contributed by atoms with Crippen LogP contribution in [0.15, 0.2) is 48.5 Å². The van der Waals surface area contributed by atoms with Crippen LogP contribution >= 0.6 is 23.8 Å². The molecule has 104 valence electrons. The van der Waals surface area contributed by atoms with Crippen LogP contribution in [0.2, 0.25) is 5.02 Å². The van der Waals surface area contributed by atoms with Crippen molar-refractivity contribution in [2.45, 2.75) is 19.9 Å². The average molecular weight is 305 g/mol. The molecule has 20 heavy (non-hydrogen) atoms. The van der Waals surface area contributed by atoms with Crippen LogP contribution in [0.3, 0.4) is 0 Å². The van der Waals surface area contributed by atoms with Gasteiger partial charge in [0.1, 0.15) is 0 Å². The van der Waals surface area contributed by atoms with Gasteiger partial charge in [0.25, 0.3) is 0 Å².